The number of thiophene rings is 2. The summed E-state index contributed by atoms with van der Waals surface area (Å²) in [5, 5.41) is 1.98. The minimum Gasteiger partial charge on any atom is -0.287 e. The average molecular weight is 380 g/mol. The lowest BCUT2D eigenvalue weighted by Crippen LogP contribution is -1.98. The number of ketones is 1. The molecule has 84 valence electrons. The molecule has 0 N–H and O–H groups in total. The molecule has 5 heteroatoms. The monoisotopic (exact) mass is 378 g/mol. The second kappa shape index (κ2) is 5.12. The van der Waals surface area contributed by atoms with Crippen LogP contribution < -0.4 is 0 Å². The topological polar surface area (TPSA) is 17.1 Å². The molecule has 1 nitrogen and oxygen atoms in total. The molecule has 16 heavy (non-hydrogen) atoms. The zero-order valence-electron chi connectivity index (χ0n) is 8.42. The zero-order chi connectivity index (χ0) is 11.7. The molecule has 0 saturated heterocycles. The fraction of sp³-hybridized carbons (Fsp3) is 0.182. The summed E-state index contributed by atoms with van der Waals surface area (Å²) in [6, 6.07) is 3.89. The second-order valence-corrected chi connectivity index (χ2v) is 7.33. The van der Waals surface area contributed by atoms with Crippen molar-refractivity contribution in [3.05, 3.63) is 41.1 Å². The maximum absolute atomic E-state index is 12.2. The Balaban J connectivity index is 2.39. The van der Waals surface area contributed by atoms with Crippen molar-refractivity contribution in [1.29, 1.82) is 0 Å². The molecule has 0 aliphatic rings. The van der Waals surface area contributed by atoms with E-state index >= 15 is 0 Å². The van der Waals surface area contributed by atoms with Crippen LogP contribution in [0.3, 0.4) is 0 Å². The average Bonchev–Trinajstić information content (AvgIpc) is 2.85. The number of carbonyl (C=O) groups is 1. The van der Waals surface area contributed by atoms with Crippen molar-refractivity contribution in [3.63, 3.8) is 0 Å². The van der Waals surface area contributed by atoms with E-state index in [1.165, 1.54) is 22.7 Å². The van der Waals surface area contributed by atoms with Crippen LogP contribution in [0.2, 0.25) is 0 Å². The van der Waals surface area contributed by atoms with E-state index in [0.29, 0.717) is 0 Å². The molecule has 0 fully saturated rings. The van der Waals surface area contributed by atoms with Crippen LogP contribution in [0.5, 0.6) is 0 Å². The molecule has 2 aromatic heterocycles. The maximum atomic E-state index is 12.2. The van der Waals surface area contributed by atoms with E-state index in [-0.39, 0.29) is 5.78 Å². The van der Waals surface area contributed by atoms with Gasteiger partial charge in [0.1, 0.15) is 0 Å². The molecule has 2 rings (SSSR count). The van der Waals surface area contributed by atoms with Gasteiger partial charge in [0.15, 0.2) is 0 Å². The first kappa shape index (κ1) is 12.5. The zero-order valence-corrected chi connectivity index (χ0v) is 13.2. The Morgan fingerprint density at radius 2 is 2.19 bits per heavy atom. The molecule has 2 heterocycles. The van der Waals surface area contributed by atoms with Crippen LogP contribution in [0.25, 0.3) is 0 Å². The molecule has 0 amide bonds. The van der Waals surface area contributed by atoms with Gasteiger partial charge in [-0.25, -0.2) is 0 Å². The largest absolute Gasteiger partial charge is 0.287 e. The van der Waals surface area contributed by atoms with E-state index in [4.69, 9.17) is 0 Å². The molecule has 0 aromatic carbocycles. The number of rotatable bonds is 3. The Morgan fingerprint density at radius 1 is 1.44 bits per heavy atom. The fourth-order valence-electron chi connectivity index (χ4n) is 1.38. The molecule has 2 aromatic rings. The van der Waals surface area contributed by atoms with E-state index in [9.17, 15) is 4.79 Å². The van der Waals surface area contributed by atoms with E-state index < -0.39 is 0 Å². The second-order valence-electron chi connectivity index (χ2n) is 3.19. The van der Waals surface area contributed by atoms with Gasteiger partial charge in [-0.2, -0.15) is 0 Å². The Bertz CT molecular complexity index is 508. The highest BCUT2D eigenvalue weighted by Gasteiger charge is 2.17. The molecule has 0 spiro atoms. The van der Waals surface area contributed by atoms with Crippen LogP contribution in [-0.4, -0.2) is 5.78 Å². The molecular weight excluding hydrogens is 372 g/mol. The highest BCUT2D eigenvalue weighted by atomic mass is 79.9. The van der Waals surface area contributed by atoms with Crippen molar-refractivity contribution in [2.24, 2.45) is 0 Å². The predicted molar refractivity (Wildman–Crippen MR) is 76.8 cm³/mol. The van der Waals surface area contributed by atoms with Gasteiger partial charge in [-0.3, -0.25) is 4.79 Å². The van der Waals surface area contributed by atoms with E-state index in [2.05, 4.69) is 38.8 Å². The Kier molecular flexibility index (Phi) is 4.00. The quantitative estimate of drug-likeness (QED) is 0.675. The van der Waals surface area contributed by atoms with Crippen molar-refractivity contribution >= 4 is 60.3 Å². The van der Waals surface area contributed by atoms with Gasteiger partial charge >= 0.3 is 0 Å². The third kappa shape index (κ3) is 2.32. The van der Waals surface area contributed by atoms with Crippen LogP contribution >= 0.6 is 54.5 Å². The van der Waals surface area contributed by atoms with Gasteiger partial charge < -0.3 is 0 Å². The van der Waals surface area contributed by atoms with Crippen LogP contribution in [0, 0.1) is 0 Å². The first-order chi connectivity index (χ1) is 7.63. The van der Waals surface area contributed by atoms with Gasteiger partial charge in [-0.15, -0.1) is 22.7 Å². The number of aryl methyl sites for hydroxylation is 1. The normalized spacial score (nSPS) is 10.7. The SMILES string of the molecule is CCc1ccsc1C(=O)c1cc(Br)c(Br)s1. The summed E-state index contributed by atoms with van der Waals surface area (Å²) < 4.78 is 1.90. The lowest BCUT2D eigenvalue weighted by molar-refractivity contribution is 0.104. The predicted octanol–water partition coefficient (Wildman–Crippen LogP) is 5.13. The minimum absolute atomic E-state index is 0.128. The molecule has 0 radical (unpaired) electrons. The van der Waals surface area contributed by atoms with E-state index in [1.54, 1.807) is 0 Å². The molecular formula is C11H8Br2OS2. The van der Waals surface area contributed by atoms with Crippen LogP contribution in [0.15, 0.2) is 25.8 Å². The molecule has 0 bridgehead atoms. The van der Waals surface area contributed by atoms with Crippen LogP contribution in [0.1, 0.15) is 27.0 Å². The van der Waals surface area contributed by atoms with E-state index in [1.807, 2.05) is 17.5 Å². The summed E-state index contributed by atoms with van der Waals surface area (Å²) >= 11 is 9.79. The van der Waals surface area contributed by atoms with Crippen molar-refractivity contribution in [3.8, 4) is 0 Å². The maximum Gasteiger partial charge on any atom is 0.213 e. The molecule has 0 aliphatic carbocycles. The van der Waals surface area contributed by atoms with Gasteiger partial charge in [0.05, 0.1) is 13.5 Å². The van der Waals surface area contributed by atoms with Crippen molar-refractivity contribution < 1.29 is 4.79 Å². The fourth-order valence-corrected chi connectivity index (χ4v) is 4.38. The van der Waals surface area contributed by atoms with Crippen molar-refractivity contribution in [1.82, 2.24) is 0 Å². The summed E-state index contributed by atoms with van der Waals surface area (Å²) in [5.74, 6) is 0.128. The first-order valence-electron chi connectivity index (χ1n) is 4.69. The Hall–Kier alpha value is 0.0300. The summed E-state index contributed by atoms with van der Waals surface area (Å²) in [6.45, 7) is 2.07. The van der Waals surface area contributed by atoms with Gasteiger partial charge in [0.2, 0.25) is 5.78 Å². The summed E-state index contributed by atoms with van der Waals surface area (Å²) in [6.07, 6.45) is 0.901. The first-order valence-corrected chi connectivity index (χ1v) is 7.97. The van der Waals surface area contributed by atoms with E-state index in [0.717, 1.165) is 30.0 Å². The minimum atomic E-state index is 0.128. The number of hydrogen-bond acceptors (Lipinski definition) is 3. The van der Waals surface area contributed by atoms with Gasteiger partial charge in [0, 0.05) is 4.47 Å². The highest BCUT2D eigenvalue weighted by molar-refractivity contribution is 9.13. The molecule has 0 saturated carbocycles. The van der Waals surface area contributed by atoms with Crippen molar-refractivity contribution in [2.45, 2.75) is 13.3 Å². The van der Waals surface area contributed by atoms with Crippen LogP contribution in [-0.2, 0) is 6.42 Å². The van der Waals surface area contributed by atoms with Gasteiger partial charge in [-0.05, 0) is 61.4 Å². The summed E-state index contributed by atoms with van der Waals surface area (Å²) in [5.41, 5.74) is 1.13. The molecule has 0 atom stereocenters. The molecule has 0 aliphatic heterocycles. The molecule has 0 unspecified atom stereocenters. The third-order valence-corrected chi connectivity index (χ3v) is 6.41. The smallest absolute Gasteiger partial charge is 0.213 e. The van der Waals surface area contributed by atoms with Crippen molar-refractivity contribution in [2.75, 3.05) is 0 Å². The lowest BCUT2D eigenvalue weighted by Gasteiger charge is -1.97. The Labute approximate surface area is 119 Å². The summed E-state index contributed by atoms with van der Waals surface area (Å²) in [4.78, 5) is 13.9. The van der Waals surface area contributed by atoms with Gasteiger partial charge in [-0.1, -0.05) is 6.92 Å². The lowest BCUT2D eigenvalue weighted by atomic mass is 10.1. The number of hydrogen-bond donors (Lipinski definition) is 0. The highest BCUT2D eigenvalue weighted by Crippen LogP contribution is 2.34. The standard InChI is InChI=1S/C11H8Br2OS2/c1-2-6-3-4-15-10(6)9(14)8-5-7(12)11(13)16-8/h3-5H,2H2,1H3. The summed E-state index contributed by atoms with van der Waals surface area (Å²) in [7, 11) is 0. The Morgan fingerprint density at radius 3 is 2.75 bits per heavy atom. The van der Waals surface area contributed by atoms with Crippen LogP contribution in [0.4, 0.5) is 0 Å². The third-order valence-electron chi connectivity index (χ3n) is 2.20. The number of carbonyl (C=O) groups excluding carboxylic acids is 1. The van der Waals surface area contributed by atoms with Gasteiger partial charge in [0.25, 0.3) is 0 Å². The number of halogens is 2.